The van der Waals surface area contributed by atoms with Crippen molar-refractivity contribution in [2.24, 2.45) is 5.92 Å². The predicted molar refractivity (Wildman–Crippen MR) is 115 cm³/mol. The van der Waals surface area contributed by atoms with Crippen LogP contribution in [0.3, 0.4) is 0 Å². The van der Waals surface area contributed by atoms with Crippen LogP contribution in [0.5, 0.6) is 0 Å². The lowest BCUT2D eigenvalue weighted by molar-refractivity contribution is -0.125. The molecule has 1 aromatic heterocycles. The summed E-state index contributed by atoms with van der Waals surface area (Å²) in [6, 6.07) is 17.8. The number of hydrogen-bond acceptors (Lipinski definition) is 4. The second-order valence-corrected chi connectivity index (χ2v) is 7.46. The number of carbonyl (C=O) groups is 1. The van der Waals surface area contributed by atoms with Crippen LogP contribution >= 0.6 is 0 Å². The molecular formula is C23H26N4O2. The molecule has 6 nitrogen and oxygen atoms in total. The van der Waals surface area contributed by atoms with Crippen LogP contribution in [0.1, 0.15) is 25.3 Å². The van der Waals surface area contributed by atoms with Crippen molar-refractivity contribution in [3.8, 4) is 0 Å². The Morgan fingerprint density at radius 2 is 1.76 bits per heavy atom. The SMILES string of the molecule is CCNC(=O)C1CCN(c2nc3ccccc3n(Cc3ccccc3)c2=O)CC1. The first kappa shape index (κ1) is 19.2. The highest BCUT2D eigenvalue weighted by molar-refractivity contribution is 5.79. The summed E-state index contributed by atoms with van der Waals surface area (Å²) >= 11 is 0. The maximum absolute atomic E-state index is 13.4. The predicted octanol–water partition coefficient (Wildman–Crippen LogP) is 2.80. The topological polar surface area (TPSA) is 67.2 Å². The third kappa shape index (κ3) is 4.01. The molecule has 1 N–H and O–H groups in total. The summed E-state index contributed by atoms with van der Waals surface area (Å²) in [7, 11) is 0. The molecule has 2 aromatic carbocycles. The highest BCUT2D eigenvalue weighted by Gasteiger charge is 2.27. The Kier molecular flexibility index (Phi) is 5.60. The first-order chi connectivity index (χ1) is 14.2. The van der Waals surface area contributed by atoms with Gasteiger partial charge in [-0.1, -0.05) is 42.5 Å². The molecule has 0 saturated carbocycles. The Bertz CT molecular complexity index is 1050. The zero-order chi connectivity index (χ0) is 20.2. The fourth-order valence-corrected chi connectivity index (χ4v) is 3.98. The second kappa shape index (κ2) is 8.47. The highest BCUT2D eigenvalue weighted by atomic mass is 16.2. The van der Waals surface area contributed by atoms with Gasteiger partial charge in [-0.3, -0.25) is 14.2 Å². The fourth-order valence-electron chi connectivity index (χ4n) is 3.98. The van der Waals surface area contributed by atoms with Crippen LogP contribution in [0.25, 0.3) is 11.0 Å². The Balaban J connectivity index is 1.66. The minimum Gasteiger partial charge on any atom is -0.356 e. The number of carbonyl (C=O) groups excluding carboxylic acids is 1. The summed E-state index contributed by atoms with van der Waals surface area (Å²) in [4.78, 5) is 32.2. The minimum atomic E-state index is -0.0796. The molecule has 1 saturated heterocycles. The zero-order valence-electron chi connectivity index (χ0n) is 16.7. The molecule has 1 aliphatic heterocycles. The van der Waals surface area contributed by atoms with Gasteiger partial charge in [0, 0.05) is 25.6 Å². The lowest BCUT2D eigenvalue weighted by Crippen LogP contribution is -2.43. The summed E-state index contributed by atoms with van der Waals surface area (Å²) in [5, 5.41) is 2.90. The van der Waals surface area contributed by atoms with Crippen molar-refractivity contribution < 1.29 is 4.79 Å². The highest BCUT2D eigenvalue weighted by Crippen LogP contribution is 2.22. The van der Waals surface area contributed by atoms with Crippen molar-refractivity contribution in [1.29, 1.82) is 0 Å². The Labute approximate surface area is 170 Å². The van der Waals surface area contributed by atoms with Gasteiger partial charge in [-0.15, -0.1) is 0 Å². The van der Waals surface area contributed by atoms with Gasteiger partial charge in [-0.05, 0) is 37.5 Å². The number of benzene rings is 2. The molecule has 29 heavy (non-hydrogen) atoms. The normalized spacial score (nSPS) is 14.9. The van der Waals surface area contributed by atoms with Gasteiger partial charge in [-0.2, -0.15) is 0 Å². The van der Waals surface area contributed by atoms with Gasteiger partial charge in [0.05, 0.1) is 17.6 Å². The molecule has 0 unspecified atom stereocenters. The number of anilines is 1. The number of piperidine rings is 1. The molecule has 2 heterocycles. The Morgan fingerprint density at radius 3 is 2.48 bits per heavy atom. The van der Waals surface area contributed by atoms with Crippen LogP contribution in [0, 0.1) is 5.92 Å². The van der Waals surface area contributed by atoms with Gasteiger partial charge in [0.1, 0.15) is 0 Å². The van der Waals surface area contributed by atoms with Crippen LogP contribution in [0.4, 0.5) is 5.82 Å². The van der Waals surface area contributed by atoms with E-state index in [0.29, 0.717) is 32.0 Å². The number of aromatic nitrogens is 2. The smallest absolute Gasteiger partial charge is 0.294 e. The van der Waals surface area contributed by atoms with E-state index in [1.807, 2.05) is 71.0 Å². The molecule has 3 aromatic rings. The van der Waals surface area contributed by atoms with Gasteiger partial charge in [0.2, 0.25) is 5.91 Å². The zero-order valence-corrected chi connectivity index (χ0v) is 16.7. The van der Waals surface area contributed by atoms with Crippen molar-refractivity contribution in [3.05, 3.63) is 70.5 Å². The number of hydrogen-bond donors (Lipinski definition) is 1. The summed E-state index contributed by atoms with van der Waals surface area (Å²) in [5.41, 5.74) is 2.64. The van der Waals surface area contributed by atoms with E-state index in [1.165, 1.54) is 0 Å². The molecule has 4 rings (SSSR count). The van der Waals surface area contributed by atoms with E-state index in [4.69, 9.17) is 4.98 Å². The third-order valence-electron chi connectivity index (χ3n) is 5.54. The number of fused-ring (bicyclic) bond motifs is 1. The van der Waals surface area contributed by atoms with E-state index in [0.717, 1.165) is 29.4 Å². The lowest BCUT2D eigenvalue weighted by atomic mass is 9.96. The summed E-state index contributed by atoms with van der Waals surface area (Å²) in [6.45, 7) is 4.41. The van der Waals surface area contributed by atoms with E-state index in [-0.39, 0.29) is 17.4 Å². The van der Waals surface area contributed by atoms with E-state index in [1.54, 1.807) is 0 Å². The molecule has 1 amide bonds. The maximum Gasteiger partial charge on any atom is 0.294 e. The van der Waals surface area contributed by atoms with E-state index in [2.05, 4.69) is 5.32 Å². The first-order valence-corrected chi connectivity index (χ1v) is 10.2. The van der Waals surface area contributed by atoms with Gasteiger partial charge >= 0.3 is 0 Å². The molecule has 0 spiro atoms. The number of para-hydroxylation sites is 2. The van der Waals surface area contributed by atoms with Crippen LogP contribution in [-0.4, -0.2) is 35.1 Å². The average molecular weight is 390 g/mol. The third-order valence-corrected chi connectivity index (χ3v) is 5.54. The molecule has 0 atom stereocenters. The second-order valence-electron chi connectivity index (χ2n) is 7.46. The van der Waals surface area contributed by atoms with Crippen molar-refractivity contribution >= 4 is 22.8 Å². The fraction of sp³-hybridized carbons (Fsp3) is 0.348. The number of nitrogens with one attached hydrogen (secondary N) is 1. The maximum atomic E-state index is 13.4. The summed E-state index contributed by atoms with van der Waals surface area (Å²) in [5.74, 6) is 0.604. The monoisotopic (exact) mass is 390 g/mol. The average Bonchev–Trinajstić information content (AvgIpc) is 2.76. The molecule has 1 aliphatic rings. The van der Waals surface area contributed by atoms with Crippen LogP contribution < -0.4 is 15.8 Å². The van der Waals surface area contributed by atoms with E-state index in [9.17, 15) is 9.59 Å². The van der Waals surface area contributed by atoms with E-state index >= 15 is 0 Å². The Morgan fingerprint density at radius 1 is 1.07 bits per heavy atom. The summed E-state index contributed by atoms with van der Waals surface area (Å²) in [6.07, 6.45) is 1.47. The number of nitrogens with zero attached hydrogens (tertiary/aromatic N) is 3. The molecule has 6 heteroatoms. The quantitative estimate of drug-likeness (QED) is 0.727. The van der Waals surface area contributed by atoms with Crippen LogP contribution in [0.2, 0.25) is 0 Å². The van der Waals surface area contributed by atoms with Gasteiger partial charge in [-0.25, -0.2) is 4.98 Å². The molecule has 0 bridgehead atoms. The van der Waals surface area contributed by atoms with Crippen molar-refractivity contribution in [1.82, 2.24) is 14.9 Å². The van der Waals surface area contributed by atoms with Crippen LogP contribution in [-0.2, 0) is 11.3 Å². The molecule has 150 valence electrons. The van der Waals surface area contributed by atoms with Crippen molar-refractivity contribution in [2.45, 2.75) is 26.3 Å². The van der Waals surface area contributed by atoms with Crippen molar-refractivity contribution in [2.75, 3.05) is 24.5 Å². The molecular weight excluding hydrogens is 364 g/mol. The summed E-state index contributed by atoms with van der Waals surface area (Å²) < 4.78 is 1.81. The van der Waals surface area contributed by atoms with Crippen LogP contribution in [0.15, 0.2) is 59.4 Å². The van der Waals surface area contributed by atoms with Crippen molar-refractivity contribution in [3.63, 3.8) is 0 Å². The minimum absolute atomic E-state index is 0.0122. The number of amides is 1. The first-order valence-electron chi connectivity index (χ1n) is 10.2. The standard InChI is InChI=1S/C23H26N4O2/c1-2-24-22(28)18-12-14-26(15-13-18)21-23(29)27(16-17-8-4-3-5-9-17)20-11-7-6-10-19(20)25-21/h3-11,18H,2,12-16H2,1H3,(H,24,28). The van der Waals surface area contributed by atoms with E-state index < -0.39 is 0 Å². The van der Waals surface area contributed by atoms with Gasteiger partial charge < -0.3 is 10.2 Å². The van der Waals surface area contributed by atoms with Gasteiger partial charge in [0.15, 0.2) is 5.82 Å². The number of rotatable bonds is 5. The van der Waals surface area contributed by atoms with Gasteiger partial charge in [0.25, 0.3) is 5.56 Å². The molecule has 1 fully saturated rings. The molecule has 0 radical (unpaired) electrons. The lowest BCUT2D eigenvalue weighted by Gasteiger charge is -2.32. The molecule has 0 aliphatic carbocycles. The Hall–Kier alpha value is -3.15. The largest absolute Gasteiger partial charge is 0.356 e.